The van der Waals surface area contributed by atoms with Gasteiger partial charge in [0.2, 0.25) is 5.95 Å². The highest BCUT2D eigenvalue weighted by atomic mass is 35.5. The largest absolute Gasteiger partial charge is 0.385 e. The molecule has 1 aromatic carbocycles. The van der Waals surface area contributed by atoms with E-state index in [1.807, 2.05) is 0 Å². The van der Waals surface area contributed by atoms with Gasteiger partial charge in [-0.1, -0.05) is 23.2 Å². The number of halogens is 2. The Hall–Kier alpha value is -1.63. The van der Waals surface area contributed by atoms with Crippen LogP contribution >= 0.6 is 23.2 Å². The molecule has 21 heavy (non-hydrogen) atoms. The van der Waals surface area contributed by atoms with Crippen molar-refractivity contribution in [3.8, 4) is 0 Å². The molecule has 0 unspecified atom stereocenters. The van der Waals surface area contributed by atoms with Crippen molar-refractivity contribution in [3.63, 3.8) is 0 Å². The third-order valence-electron chi connectivity index (χ3n) is 2.56. The van der Waals surface area contributed by atoms with E-state index in [1.165, 1.54) is 6.20 Å². The van der Waals surface area contributed by atoms with Crippen LogP contribution in [0.2, 0.25) is 10.0 Å². The lowest BCUT2D eigenvalue weighted by Crippen LogP contribution is -2.09. The summed E-state index contributed by atoms with van der Waals surface area (Å²) >= 11 is 12.0. The maximum Gasteiger partial charge on any atom is 0.244 e. The minimum absolute atomic E-state index is 0.446. The van der Waals surface area contributed by atoms with Gasteiger partial charge in [-0.15, -0.1) is 5.10 Å². The minimum atomic E-state index is 0.446. The van der Waals surface area contributed by atoms with Crippen LogP contribution in [0.1, 0.15) is 6.42 Å². The molecule has 112 valence electrons. The molecule has 0 fully saturated rings. The maximum absolute atomic E-state index is 6.10. The molecular formula is C13H15Cl2N5O. The fraction of sp³-hybridized carbons (Fsp3) is 0.308. The first kappa shape index (κ1) is 15.8. The molecule has 2 N–H and O–H groups in total. The normalized spacial score (nSPS) is 10.4. The van der Waals surface area contributed by atoms with Crippen LogP contribution < -0.4 is 10.6 Å². The fourth-order valence-electron chi connectivity index (χ4n) is 1.58. The van der Waals surface area contributed by atoms with Crippen molar-refractivity contribution < 1.29 is 4.74 Å². The molecule has 0 aliphatic heterocycles. The number of benzene rings is 1. The smallest absolute Gasteiger partial charge is 0.244 e. The lowest BCUT2D eigenvalue weighted by molar-refractivity contribution is 0.197. The summed E-state index contributed by atoms with van der Waals surface area (Å²) in [6, 6.07) is 5.18. The summed E-state index contributed by atoms with van der Waals surface area (Å²) in [5.74, 6) is 0.990. The van der Waals surface area contributed by atoms with E-state index < -0.39 is 0 Å². The molecule has 0 atom stereocenters. The molecule has 1 aromatic heterocycles. The fourth-order valence-corrected chi connectivity index (χ4v) is 2.04. The Kier molecular flexibility index (Phi) is 5.98. The molecule has 0 saturated carbocycles. The first-order chi connectivity index (χ1) is 10.2. The highest BCUT2D eigenvalue weighted by Crippen LogP contribution is 2.27. The number of hydrogen-bond donors (Lipinski definition) is 2. The Morgan fingerprint density at radius 3 is 2.90 bits per heavy atom. The van der Waals surface area contributed by atoms with Crippen LogP contribution in [0.25, 0.3) is 0 Å². The second kappa shape index (κ2) is 7.97. The Morgan fingerprint density at radius 2 is 2.14 bits per heavy atom. The topological polar surface area (TPSA) is 72.0 Å². The molecule has 8 heteroatoms. The average molecular weight is 328 g/mol. The van der Waals surface area contributed by atoms with E-state index in [0.717, 1.165) is 6.42 Å². The van der Waals surface area contributed by atoms with E-state index in [-0.39, 0.29) is 0 Å². The van der Waals surface area contributed by atoms with Gasteiger partial charge in [0.15, 0.2) is 5.82 Å². The summed E-state index contributed by atoms with van der Waals surface area (Å²) in [5.41, 5.74) is 0.701. The van der Waals surface area contributed by atoms with Gasteiger partial charge < -0.3 is 15.4 Å². The van der Waals surface area contributed by atoms with Crippen molar-refractivity contribution in [2.45, 2.75) is 6.42 Å². The summed E-state index contributed by atoms with van der Waals surface area (Å²) in [6.07, 6.45) is 2.38. The molecular weight excluding hydrogens is 313 g/mol. The van der Waals surface area contributed by atoms with Crippen molar-refractivity contribution in [1.29, 1.82) is 0 Å². The van der Waals surface area contributed by atoms with E-state index in [1.54, 1.807) is 25.3 Å². The van der Waals surface area contributed by atoms with Gasteiger partial charge >= 0.3 is 0 Å². The van der Waals surface area contributed by atoms with Crippen molar-refractivity contribution in [1.82, 2.24) is 15.2 Å². The van der Waals surface area contributed by atoms with Gasteiger partial charge in [0.05, 0.1) is 16.9 Å². The average Bonchev–Trinajstić information content (AvgIpc) is 2.47. The number of aromatic nitrogens is 3. The molecule has 2 aromatic rings. The van der Waals surface area contributed by atoms with Crippen LogP contribution in [0.3, 0.4) is 0 Å². The molecule has 1 heterocycles. The lowest BCUT2D eigenvalue weighted by atomic mass is 10.3. The maximum atomic E-state index is 6.10. The molecule has 6 nitrogen and oxygen atoms in total. The van der Waals surface area contributed by atoms with Crippen molar-refractivity contribution in [2.24, 2.45) is 0 Å². The monoisotopic (exact) mass is 327 g/mol. The van der Waals surface area contributed by atoms with E-state index >= 15 is 0 Å². The van der Waals surface area contributed by atoms with Crippen LogP contribution in [-0.2, 0) is 4.74 Å². The summed E-state index contributed by atoms with van der Waals surface area (Å²) in [6.45, 7) is 1.39. The molecule has 0 radical (unpaired) electrons. The summed E-state index contributed by atoms with van der Waals surface area (Å²) in [4.78, 5) is 4.30. The van der Waals surface area contributed by atoms with Crippen molar-refractivity contribution >= 4 is 40.7 Å². The highest BCUT2D eigenvalue weighted by Gasteiger charge is 2.04. The van der Waals surface area contributed by atoms with Crippen LogP contribution in [0.15, 0.2) is 24.4 Å². The first-order valence-electron chi connectivity index (χ1n) is 6.33. The number of methoxy groups -OCH3 is 1. The zero-order chi connectivity index (χ0) is 15.1. The van der Waals surface area contributed by atoms with Crippen LogP contribution in [-0.4, -0.2) is 35.4 Å². The van der Waals surface area contributed by atoms with Gasteiger partial charge in [0.25, 0.3) is 0 Å². The summed E-state index contributed by atoms with van der Waals surface area (Å²) in [7, 11) is 1.67. The highest BCUT2D eigenvalue weighted by molar-refractivity contribution is 6.36. The van der Waals surface area contributed by atoms with Gasteiger partial charge in [-0.25, -0.2) is 0 Å². The number of hydrogen-bond acceptors (Lipinski definition) is 6. The second-order valence-corrected chi connectivity index (χ2v) is 5.03. The number of nitrogens with zero attached hydrogens (tertiary/aromatic N) is 3. The third kappa shape index (κ3) is 5.00. The quantitative estimate of drug-likeness (QED) is 0.759. The van der Waals surface area contributed by atoms with Crippen LogP contribution in [0.5, 0.6) is 0 Å². The molecule has 0 spiro atoms. The molecule has 2 rings (SSSR count). The second-order valence-electron chi connectivity index (χ2n) is 4.19. The standard InChI is InChI=1S/C13H15Cl2N5O/c1-21-6-2-5-16-13-19-12(8-17-20-13)18-11-4-3-9(14)7-10(11)15/h3-4,7-8H,2,5-6H2,1H3,(H2,16,18,19,20). The molecule has 0 amide bonds. The molecule has 0 aliphatic carbocycles. The van der Waals surface area contributed by atoms with E-state index in [9.17, 15) is 0 Å². The van der Waals surface area contributed by atoms with Crippen LogP contribution in [0, 0.1) is 0 Å². The summed E-state index contributed by atoms with van der Waals surface area (Å²) in [5, 5.41) is 15.0. The Morgan fingerprint density at radius 1 is 1.29 bits per heavy atom. The van der Waals surface area contributed by atoms with Gasteiger partial charge in [-0.05, 0) is 24.6 Å². The van der Waals surface area contributed by atoms with E-state index in [4.69, 9.17) is 27.9 Å². The van der Waals surface area contributed by atoms with Crippen molar-refractivity contribution in [2.75, 3.05) is 30.9 Å². The molecule has 0 saturated heterocycles. The number of rotatable bonds is 7. The third-order valence-corrected chi connectivity index (χ3v) is 3.11. The molecule has 0 bridgehead atoms. The van der Waals surface area contributed by atoms with E-state index in [0.29, 0.717) is 40.7 Å². The Balaban J connectivity index is 2.00. The Bertz CT molecular complexity index is 597. The van der Waals surface area contributed by atoms with Crippen molar-refractivity contribution in [3.05, 3.63) is 34.4 Å². The predicted octanol–water partition coefficient (Wildman–Crippen LogP) is 3.37. The van der Waals surface area contributed by atoms with Gasteiger partial charge in [0, 0.05) is 25.3 Å². The van der Waals surface area contributed by atoms with Gasteiger partial charge in [-0.3, -0.25) is 0 Å². The van der Waals surface area contributed by atoms with Crippen LogP contribution in [0.4, 0.5) is 17.5 Å². The molecule has 0 aliphatic rings. The first-order valence-corrected chi connectivity index (χ1v) is 7.09. The number of ether oxygens (including phenoxy) is 1. The minimum Gasteiger partial charge on any atom is -0.385 e. The van der Waals surface area contributed by atoms with Gasteiger partial charge in [-0.2, -0.15) is 10.1 Å². The number of nitrogens with one attached hydrogen (secondary N) is 2. The SMILES string of the molecule is COCCCNc1nncc(Nc2ccc(Cl)cc2Cl)n1. The Labute approximate surface area is 132 Å². The predicted molar refractivity (Wildman–Crippen MR) is 84.6 cm³/mol. The zero-order valence-electron chi connectivity index (χ0n) is 11.4. The van der Waals surface area contributed by atoms with E-state index in [2.05, 4.69) is 25.8 Å². The summed E-state index contributed by atoms with van der Waals surface area (Å²) < 4.78 is 4.97. The van der Waals surface area contributed by atoms with Gasteiger partial charge in [0.1, 0.15) is 0 Å². The zero-order valence-corrected chi connectivity index (χ0v) is 12.9. The lowest BCUT2D eigenvalue weighted by Gasteiger charge is -2.09. The number of anilines is 3.